The summed E-state index contributed by atoms with van der Waals surface area (Å²) in [6.07, 6.45) is 6.92. The highest BCUT2D eigenvalue weighted by Crippen LogP contribution is 2.20. The van der Waals surface area contributed by atoms with E-state index < -0.39 is 12.1 Å². The van der Waals surface area contributed by atoms with Crippen molar-refractivity contribution < 1.29 is 14.6 Å². The molecule has 0 aliphatic carbocycles. The smallest absolute Gasteiger partial charge is 0.303 e. The van der Waals surface area contributed by atoms with Gasteiger partial charge in [-0.2, -0.15) is 0 Å². The van der Waals surface area contributed by atoms with Gasteiger partial charge in [0.2, 0.25) is 0 Å². The molecule has 1 heterocycles. The predicted molar refractivity (Wildman–Crippen MR) is 76.6 cm³/mol. The quantitative estimate of drug-likeness (QED) is 0.833. The molecule has 1 aliphatic heterocycles. The molecule has 2 N–H and O–H groups in total. The Hall–Kier alpha value is -2.56. The first-order valence-electron chi connectivity index (χ1n) is 6.34. The molecule has 0 spiro atoms. The van der Waals surface area contributed by atoms with Gasteiger partial charge in [0.05, 0.1) is 12.0 Å². The summed E-state index contributed by atoms with van der Waals surface area (Å²) in [4.78, 5) is 15.0. The molecule has 1 aromatic carbocycles. The molecule has 0 bridgehead atoms. The number of hydrogen-bond acceptors (Lipinski definition) is 4. The predicted octanol–water partition coefficient (Wildman–Crippen LogP) is 2.33. The van der Waals surface area contributed by atoms with Gasteiger partial charge in [0.25, 0.3) is 0 Å². The normalized spacial score (nSPS) is 14.9. The molecular formula is C15H16N2O3. The lowest BCUT2D eigenvalue weighted by molar-refractivity contribution is -0.137. The van der Waals surface area contributed by atoms with Crippen molar-refractivity contribution in [3.63, 3.8) is 0 Å². The molecule has 0 radical (unpaired) electrons. The van der Waals surface area contributed by atoms with E-state index in [4.69, 9.17) is 9.84 Å². The Morgan fingerprint density at radius 1 is 1.35 bits per heavy atom. The van der Waals surface area contributed by atoms with Gasteiger partial charge in [-0.25, -0.2) is 4.99 Å². The molecule has 104 valence electrons. The van der Waals surface area contributed by atoms with Crippen LogP contribution >= 0.6 is 0 Å². The maximum absolute atomic E-state index is 10.8. The second-order valence-electron chi connectivity index (χ2n) is 4.23. The van der Waals surface area contributed by atoms with E-state index in [-0.39, 0.29) is 6.42 Å². The number of aliphatic carboxylic acids is 1. The van der Waals surface area contributed by atoms with E-state index in [1.54, 1.807) is 12.5 Å². The maximum atomic E-state index is 10.8. The van der Waals surface area contributed by atoms with E-state index in [9.17, 15) is 4.79 Å². The monoisotopic (exact) mass is 272 g/mol. The van der Waals surface area contributed by atoms with Gasteiger partial charge in [0.1, 0.15) is 11.9 Å². The molecule has 1 atom stereocenters. The fourth-order valence-electron chi connectivity index (χ4n) is 1.78. The van der Waals surface area contributed by atoms with Crippen molar-refractivity contribution in [3.05, 3.63) is 54.4 Å². The van der Waals surface area contributed by atoms with Gasteiger partial charge in [0.15, 0.2) is 0 Å². The zero-order valence-corrected chi connectivity index (χ0v) is 10.9. The van der Waals surface area contributed by atoms with Crippen molar-refractivity contribution in [1.29, 1.82) is 0 Å². The first-order chi connectivity index (χ1) is 9.75. The number of aliphatic imine (C=N–C) groups is 1. The summed E-state index contributed by atoms with van der Waals surface area (Å²) in [6.45, 7) is 0. The van der Waals surface area contributed by atoms with Crippen molar-refractivity contribution >= 4 is 12.3 Å². The van der Waals surface area contributed by atoms with Crippen LogP contribution in [0.1, 0.15) is 12.8 Å². The highest BCUT2D eigenvalue weighted by atomic mass is 16.5. The van der Waals surface area contributed by atoms with Crippen molar-refractivity contribution in [2.45, 2.75) is 18.9 Å². The molecule has 2 rings (SSSR count). The topological polar surface area (TPSA) is 70.9 Å². The average Bonchev–Trinajstić information content (AvgIpc) is 2.73. The van der Waals surface area contributed by atoms with E-state index in [1.165, 1.54) is 0 Å². The molecule has 1 aliphatic rings. The SMILES string of the molecule is O=C(O)CCC(Oc1ccccc1)C1=CC=CNC=N1. The second kappa shape index (κ2) is 7.13. The van der Waals surface area contributed by atoms with E-state index in [0.29, 0.717) is 17.9 Å². The number of allylic oxidation sites excluding steroid dienone is 2. The van der Waals surface area contributed by atoms with Gasteiger partial charge in [-0.05, 0) is 24.3 Å². The van der Waals surface area contributed by atoms with Crippen molar-refractivity contribution in [2.75, 3.05) is 0 Å². The minimum absolute atomic E-state index is 0.0293. The number of carboxylic acid groups (broad SMARTS) is 1. The van der Waals surface area contributed by atoms with Crippen LogP contribution in [0.25, 0.3) is 0 Å². The largest absolute Gasteiger partial charge is 0.484 e. The number of rotatable bonds is 6. The average molecular weight is 272 g/mol. The lowest BCUT2D eigenvalue weighted by Gasteiger charge is -2.18. The minimum Gasteiger partial charge on any atom is -0.484 e. The van der Waals surface area contributed by atoms with Gasteiger partial charge in [-0.3, -0.25) is 4.79 Å². The summed E-state index contributed by atoms with van der Waals surface area (Å²) in [7, 11) is 0. The molecule has 0 saturated carbocycles. The number of ether oxygens (including phenoxy) is 1. The first-order valence-corrected chi connectivity index (χ1v) is 6.34. The standard InChI is InChI=1S/C15H16N2O3/c18-15(19)9-8-14(13-7-4-10-16-11-17-13)20-12-5-2-1-3-6-12/h1-7,10-11,14H,8-9H2,(H,16,17)(H,18,19). The van der Waals surface area contributed by atoms with E-state index in [1.807, 2.05) is 42.5 Å². The molecule has 5 heteroatoms. The first kappa shape index (κ1) is 13.9. The van der Waals surface area contributed by atoms with Gasteiger partial charge in [-0.15, -0.1) is 0 Å². The summed E-state index contributed by atoms with van der Waals surface area (Å²) in [5.41, 5.74) is 0.691. The molecule has 1 aromatic rings. The molecule has 5 nitrogen and oxygen atoms in total. The third kappa shape index (κ3) is 4.28. The number of benzene rings is 1. The van der Waals surface area contributed by atoms with E-state index in [0.717, 1.165) is 0 Å². The Kier molecular flexibility index (Phi) is 4.94. The molecule has 0 amide bonds. The summed E-state index contributed by atoms with van der Waals surface area (Å²) in [5.74, 6) is -0.154. The van der Waals surface area contributed by atoms with E-state index in [2.05, 4.69) is 10.3 Å². The Balaban J connectivity index is 2.13. The third-order valence-corrected chi connectivity index (χ3v) is 2.72. The number of carbonyl (C=O) groups is 1. The Bertz CT molecular complexity index is 535. The number of para-hydroxylation sites is 1. The Morgan fingerprint density at radius 2 is 2.15 bits per heavy atom. The highest BCUT2D eigenvalue weighted by molar-refractivity contribution is 5.66. The summed E-state index contributed by atoms with van der Waals surface area (Å²) in [5, 5.41) is 11.7. The third-order valence-electron chi connectivity index (χ3n) is 2.72. The zero-order chi connectivity index (χ0) is 14.2. The van der Waals surface area contributed by atoms with Gasteiger partial charge in [0, 0.05) is 19.0 Å². The van der Waals surface area contributed by atoms with Gasteiger partial charge < -0.3 is 15.2 Å². The van der Waals surface area contributed by atoms with Crippen molar-refractivity contribution in [2.24, 2.45) is 4.99 Å². The molecule has 0 aromatic heterocycles. The fraction of sp³-hybridized carbons (Fsp3) is 0.200. The lowest BCUT2D eigenvalue weighted by atomic mass is 10.1. The fourth-order valence-corrected chi connectivity index (χ4v) is 1.78. The molecule has 0 saturated heterocycles. The van der Waals surface area contributed by atoms with Crippen LogP contribution in [0.4, 0.5) is 0 Å². The van der Waals surface area contributed by atoms with Crippen LogP contribution < -0.4 is 10.1 Å². The van der Waals surface area contributed by atoms with Crippen LogP contribution in [0, 0.1) is 0 Å². The summed E-state index contributed by atoms with van der Waals surface area (Å²) >= 11 is 0. The van der Waals surface area contributed by atoms with Crippen molar-refractivity contribution in [1.82, 2.24) is 5.32 Å². The number of carboxylic acids is 1. The minimum atomic E-state index is -0.849. The molecule has 0 fully saturated rings. The Labute approximate surface area is 117 Å². The molecule has 1 unspecified atom stereocenters. The van der Waals surface area contributed by atoms with Crippen LogP contribution in [0.2, 0.25) is 0 Å². The zero-order valence-electron chi connectivity index (χ0n) is 10.9. The van der Waals surface area contributed by atoms with Crippen LogP contribution in [0.3, 0.4) is 0 Å². The summed E-state index contributed by atoms with van der Waals surface area (Å²) < 4.78 is 5.85. The van der Waals surface area contributed by atoms with Crippen LogP contribution in [-0.2, 0) is 4.79 Å². The molecule has 20 heavy (non-hydrogen) atoms. The van der Waals surface area contributed by atoms with Crippen LogP contribution in [0.5, 0.6) is 5.75 Å². The summed E-state index contributed by atoms with van der Waals surface area (Å²) in [6, 6.07) is 9.31. The maximum Gasteiger partial charge on any atom is 0.303 e. The lowest BCUT2D eigenvalue weighted by Crippen LogP contribution is -2.20. The van der Waals surface area contributed by atoms with Gasteiger partial charge >= 0.3 is 5.97 Å². The van der Waals surface area contributed by atoms with Crippen LogP contribution in [0.15, 0.2) is 59.4 Å². The Morgan fingerprint density at radius 3 is 2.90 bits per heavy atom. The number of nitrogens with one attached hydrogen (secondary N) is 1. The van der Waals surface area contributed by atoms with Crippen LogP contribution in [-0.4, -0.2) is 23.5 Å². The second-order valence-corrected chi connectivity index (χ2v) is 4.23. The highest BCUT2D eigenvalue weighted by Gasteiger charge is 2.17. The number of nitrogens with zero attached hydrogens (tertiary/aromatic N) is 1. The van der Waals surface area contributed by atoms with Gasteiger partial charge in [-0.1, -0.05) is 18.2 Å². The molecular weight excluding hydrogens is 256 g/mol. The number of hydrogen-bond donors (Lipinski definition) is 2. The van der Waals surface area contributed by atoms with Crippen molar-refractivity contribution in [3.8, 4) is 5.75 Å². The van der Waals surface area contributed by atoms with E-state index >= 15 is 0 Å².